The number of hydrogen-bond donors (Lipinski definition) is 0. The SMILES string of the molecule is CC/C=C\C/C=C\C/C=C\C/C=C\CCCCCCC(=O)OC(COC(=O)CCCCCCCCC/C=C\C/C=C\C/C=C\CC)COC(=O)CCCCCCCCCCCCCCC/C=C\C/C=C\CCCCCCC. The molecule has 0 aromatic carbocycles. The number of allylic oxidation sites excluding steroid dienone is 18. The van der Waals surface area contributed by atoms with Gasteiger partial charge < -0.3 is 14.2 Å². The molecule has 1 atom stereocenters. The molecule has 0 aliphatic rings. The van der Waals surface area contributed by atoms with E-state index in [1.54, 1.807) is 0 Å². The Morgan fingerprint density at radius 2 is 0.506 bits per heavy atom. The van der Waals surface area contributed by atoms with Crippen LogP contribution in [0.15, 0.2) is 109 Å². The summed E-state index contributed by atoms with van der Waals surface area (Å²) in [6.07, 6.45) is 88.1. The third-order valence-corrected chi connectivity index (χ3v) is 13.7. The lowest BCUT2D eigenvalue weighted by Gasteiger charge is -2.18. The third kappa shape index (κ3) is 62.8. The summed E-state index contributed by atoms with van der Waals surface area (Å²) < 4.78 is 16.9. The minimum atomic E-state index is -0.799. The van der Waals surface area contributed by atoms with Crippen LogP contribution in [0.5, 0.6) is 0 Å². The molecule has 0 heterocycles. The molecule has 0 saturated carbocycles. The molecule has 0 aromatic rings. The van der Waals surface area contributed by atoms with Crippen LogP contribution in [0.4, 0.5) is 0 Å². The molecule has 1 unspecified atom stereocenters. The van der Waals surface area contributed by atoms with Crippen molar-refractivity contribution in [1.29, 1.82) is 0 Å². The Labute approximate surface area is 476 Å². The van der Waals surface area contributed by atoms with E-state index in [0.29, 0.717) is 19.3 Å². The highest BCUT2D eigenvalue weighted by molar-refractivity contribution is 5.71. The molecule has 0 amide bonds. The normalized spacial score (nSPS) is 12.8. The lowest BCUT2D eigenvalue weighted by molar-refractivity contribution is -0.167. The quantitative estimate of drug-likeness (QED) is 0.0261. The van der Waals surface area contributed by atoms with Crippen molar-refractivity contribution in [3.8, 4) is 0 Å². The topological polar surface area (TPSA) is 78.9 Å². The van der Waals surface area contributed by atoms with E-state index in [1.165, 1.54) is 135 Å². The van der Waals surface area contributed by atoms with Crippen molar-refractivity contribution in [1.82, 2.24) is 0 Å². The van der Waals surface area contributed by atoms with Gasteiger partial charge in [-0.2, -0.15) is 0 Å². The molecule has 0 bridgehead atoms. The second-order valence-corrected chi connectivity index (χ2v) is 21.3. The van der Waals surface area contributed by atoms with Gasteiger partial charge >= 0.3 is 17.9 Å². The van der Waals surface area contributed by atoms with Gasteiger partial charge in [-0.05, 0) is 122 Å². The number of esters is 3. The molecule has 0 fully saturated rings. The largest absolute Gasteiger partial charge is 0.462 e. The monoisotopic (exact) mass is 1070 g/mol. The van der Waals surface area contributed by atoms with Gasteiger partial charge in [0.15, 0.2) is 6.10 Å². The van der Waals surface area contributed by atoms with Crippen LogP contribution in [0.2, 0.25) is 0 Å². The van der Waals surface area contributed by atoms with Gasteiger partial charge in [-0.3, -0.25) is 14.4 Å². The third-order valence-electron chi connectivity index (χ3n) is 13.7. The first-order valence-corrected chi connectivity index (χ1v) is 32.4. The second-order valence-electron chi connectivity index (χ2n) is 21.3. The first-order valence-electron chi connectivity index (χ1n) is 32.4. The molecule has 0 aromatic heterocycles. The molecule has 440 valence electrons. The molecular weight excluding hydrogens is 949 g/mol. The highest BCUT2D eigenvalue weighted by atomic mass is 16.6. The smallest absolute Gasteiger partial charge is 0.306 e. The zero-order valence-corrected chi connectivity index (χ0v) is 50.4. The van der Waals surface area contributed by atoms with Crippen molar-refractivity contribution in [3.05, 3.63) is 109 Å². The minimum absolute atomic E-state index is 0.0920. The first kappa shape index (κ1) is 73.1. The van der Waals surface area contributed by atoms with Gasteiger partial charge in [0.2, 0.25) is 0 Å². The maximum Gasteiger partial charge on any atom is 0.306 e. The number of rotatable bonds is 58. The predicted octanol–water partition coefficient (Wildman–Crippen LogP) is 22.2. The Hall–Kier alpha value is -3.93. The van der Waals surface area contributed by atoms with E-state index in [2.05, 4.69) is 130 Å². The van der Waals surface area contributed by atoms with E-state index in [-0.39, 0.29) is 31.1 Å². The Morgan fingerprint density at radius 3 is 0.792 bits per heavy atom. The van der Waals surface area contributed by atoms with Crippen LogP contribution >= 0.6 is 0 Å². The molecule has 0 spiro atoms. The lowest BCUT2D eigenvalue weighted by Crippen LogP contribution is -2.30. The number of carbonyl (C=O) groups is 3. The van der Waals surface area contributed by atoms with Gasteiger partial charge in [-0.1, -0.05) is 271 Å². The first-order chi connectivity index (χ1) is 38.0. The molecule has 0 N–H and O–H groups in total. The Bertz CT molecular complexity index is 1560. The van der Waals surface area contributed by atoms with E-state index >= 15 is 0 Å². The molecule has 0 radical (unpaired) electrons. The molecule has 0 aliphatic heterocycles. The van der Waals surface area contributed by atoms with E-state index < -0.39 is 6.10 Å². The molecule has 77 heavy (non-hydrogen) atoms. The van der Waals surface area contributed by atoms with Crippen LogP contribution < -0.4 is 0 Å². The maximum atomic E-state index is 12.9. The highest BCUT2D eigenvalue weighted by Gasteiger charge is 2.19. The zero-order chi connectivity index (χ0) is 55.7. The van der Waals surface area contributed by atoms with E-state index in [1.807, 2.05) is 0 Å². The fourth-order valence-corrected chi connectivity index (χ4v) is 8.95. The Morgan fingerprint density at radius 1 is 0.273 bits per heavy atom. The van der Waals surface area contributed by atoms with Crippen molar-refractivity contribution in [2.45, 2.75) is 309 Å². The van der Waals surface area contributed by atoms with Crippen LogP contribution in [0.3, 0.4) is 0 Å². The number of unbranched alkanes of at least 4 members (excludes halogenated alkanes) is 29. The summed E-state index contributed by atoms with van der Waals surface area (Å²) in [5.74, 6) is -0.919. The molecule has 0 aliphatic carbocycles. The van der Waals surface area contributed by atoms with Gasteiger partial charge in [-0.25, -0.2) is 0 Å². The summed E-state index contributed by atoms with van der Waals surface area (Å²) in [4.78, 5) is 38.3. The van der Waals surface area contributed by atoms with Crippen LogP contribution in [-0.4, -0.2) is 37.2 Å². The standard InChI is InChI=1S/C71H120O6/c1-4-7-10-13-16-19-22-25-28-31-32-33-34-35-36-37-38-41-43-46-49-52-55-58-61-64-70(73)76-67-68(77-71(74)65-62-59-56-53-50-47-44-40-30-27-24-21-18-15-12-9-6-3)66-75-69(72)63-60-57-54-51-48-45-42-39-29-26-23-20-17-14-11-8-5-2/h8-9,11-12,17-18,20-22,25-27,29-32,44,47,68H,4-7,10,13-16,19,23-24,28,33-43,45-46,48-67H2,1-3H3/b11-8-,12-9-,20-17-,21-18-,25-22-,29-26-,30-27-,32-31-,47-44-. The summed E-state index contributed by atoms with van der Waals surface area (Å²) in [5, 5.41) is 0. The molecular formula is C71H120O6. The molecule has 0 saturated heterocycles. The van der Waals surface area contributed by atoms with Crippen molar-refractivity contribution in [2.75, 3.05) is 13.2 Å². The van der Waals surface area contributed by atoms with Crippen LogP contribution in [-0.2, 0) is 28.6 Å². The van der Waals surface area contributed by atoms with Gasteiger partial charge in [-0.15, -0.1) is 0 Å². The van der Waals surface area contributed by atoms with E-state index in [4.69, 9.17) is 14.2 Å². The fourth-order valence-electron chi connectivity index (χ4n) is 8.95. The average Bonchev–Trinajstić information content (AvgIpc) is 3.43. The second kappa shape index (κ2) is 64.6. The van der Waals surface area contributed by atoms with Crippen LogP contribution in [0, 0.1) is 0 Å². The summed E-state index contributed by atoms with van der Waals surface area (Å²) in [7, 11) is 0. The predicted molar refractivity (Wildman–Crippen MR) is 334 cm³/mol. The Balaban J connectivity index is 4.37. The van der Waals surface area contributed by atoms with Gasteiger partial charge in [0.1, 0.15) is 13.2 Å². The van der Waals surface area contributed by atoms with Crippen molar-refractivity contribution < 1.29 is 28.6 Å². The summed E-state index contributed by atoms with van der Waals surface area (Å²) >= 11 is 0. The lowest BCUT2D eigenvalue weighted by atomic mass is 10.0. The summed E-state index contributed by atoms with van der Waals surface area (Å²) in [6.45, 7) is 6.40. The van der Waals surface area contributed by atoms with Crippen LogP contribution in [0.25, 0.3) is 0 Å². The van der Waals surface area contributed by atoms with Gasteiger partial charge in [0.25, 0.3) is 0 Å². The zero-order valence-electron chi connectivity index (χ0n) is 50.4. The van der Waals surface area contributed by atoms with Crippen molar-refractivity contribution in [2.24, 2.45) is 0 Å². The maximum absolute atomic E-state index is 12.9. The van der Waals surface area contributed by atoms with Crippen LogP contribution in [0.1, 0.15) is 303 Å². The summed E-state index contributed by atoms with van der Waals surface area (Å²) in [5.41, 5.74) is 0. The number of ether oxygens (including phenoxy) is 3. The fraction of sp³-hybridized carbons (Fsp3) is 0.704. The van der Waals surface area contributed by atoms with Crippen molar-refractivity contribution >= 4 is 17.9 Å². The number of hydrogen-bond acceptors (Lipinski definition) is 6. The molecule has 6 nitrogen and oxygen atoms in total. The Kier molecular flexibility index (Phi) is 61.3. The van der Waals surface area contributed by atoms with E-state index in [0.717, 1.165) is 128 Å². The van der Waals surface area contributed by atoms with E-state index in [9.17, 15) is 14.4 Å². The van der Waals surface area contributed by atoms with Gasteiger partial charge in [0.05, 0.1) is 0 Å². The highest BCUT2D eigenvalue weighted by Crippen LogP contribution is 2.16. The minimum Gasteiger partial charge on any atom is -0.462 e. The average molecular weight is 1070 g/mol. The summed E-state index contributed by atoms with van der Waals surface area (Å²) in [6, 6.07) is 0. The van der Waals surface area contributed by atoms with Crippen molar-refractivity contribution in [3.63, 3.8) is 0 Å². The van der Waals surface area contributed by atoms with Gasteiger partial charge in [0, 0.05) is 19.3 Å². The number of carbonyl (C=O) groups excluding carboxylic acids is 3. The molecule has 0 rings (SSSR count). The molecule has 6 heteroatoms.